The molecule has 1 atom stereocenters. The average Bonchev–Trinajstić information content (AvgIpc) is 2.43. The fraction of sp³-hybridized carbons (Fsp3) is 0.385. The van der Waals surface area contributed by atoms with Crippen molar-refractivity contribution in [3.8, 4) is 0 Å². The molecule has 0 aliphatic rings. The molecule has 0 radical (unpaired) electrons. The molecule has 2 N–H and O–H groups in total. The van der Waals surface area contributed by atoms with E-state index in [0.717, 1.165) is 0 Å². The number of benzene rings is 1. The fourth-order valence-electron chi connectivity index (χ4n) is 1.45. The Morgan fingerprint density at radius 1 is 1.33 bits per heavy atom. The third-order valence-electron chi connectivity index (χ3n) is 2.69. The predicted octanol–water partition coefficient (Wildman–Crippen LogP) is 0.536. The van der Waals surface area contributed by atoms with Crippen LogP contribution >= 0.6 is 0 Å². The van der Waals surface area contributed by atoms with E-state index < -0.39 is 11.8 Å². The van der Waals surface area contributed by atoms with Crippen molar-refractivity contribution < 1.29 is 14.7 Å². The number of aliphatic hydroxyl groups is 1. The van der Waals surface area contributed by atoms with Gasteiger partial charge in [0.25, 0.3) is 0 Å². The van der Waals surface area contributed by atoms with Crippen LogP contribution in [0.15, 0.2) is 30.3 Å². The summed E-state index contributed by atoms with van der Waals surface area (Å²) in [5.74, 6) is -1.35. The van der Waals surface area contributed by atoms with Crippen LogP contribution in [0.5, 0.6) is 0 Å². The molecule has 1 unspecified atom stereocenters. The summed E-state index contributed by atoms with van der Waals surface area (Å²) < 4.78 is 0. The van der Waals surface area contributed by atoms with Crippen molar-refractivity contribution in [2.45, 2.75) is 19.4 Å². The number of carbonyl (C=O) groups excluding carboxylic acids is 2. The highest BCUT2D eigenvalue weighted by Crippen LogP contribution is 2.10. The van der Waals surface area contributed by atoms with Gasteiger partial charge < -0.3 is 15.3 Å². The van der Waals surface area contributed by atoms with Crippen molar-refractivity contribution >= 4 is 17.5 Å². The van der Waals surface area contributed by atoms with Crippen LogP contribution in [0.1, 0.15) is 13.3 Å². The largest absolute Gasteiger partial charge is 0.394 e. The molecule has 1 aromatic carbocycles. The maximum atomic E-state index is 11.8. The molecule has 0 aliphatic heterocycles. The number of likely N-dealkylation sites (N-methyl/N-ethyl adjacent to an activating group) is 1. The Hall–Kier alpha value is -1.88. The molecule has 1 aromatic rings. The molecule has 0 spiro atoms. The quantitative estimate of drug-likeness (QED) is 0.766. The Balaban J connectivity index is 2.67. The van der Waals surface area contributed by atoms with Gasteiger partial charge in [-0.1, -0.05) is 25.1 Å². The second-order valence-corrected chi connectivity index (χ2v) is 3.96. The van der Waals surface area contributed by atoms with Crippen molar-refractivity contribution in [3.05, 3.63) is 30.3 Å². The molecule has 0 fully saturated rings. The molecule has 0 aliphatic carbocycles. The standard InChI is InChI=1S/C13H18N2O3/c1-3-10(9-16)14-12(17)13(18)15(2)11-7-5-4-6-8-11/h4-8,10,16H,3,9H2,1-2H3,(H,14,17). The van der Waals surface area contributed by atoms with Crippen LogP contribution in [0, 0.1) is 0 Å². The highest BCUT2D eigenvalue weighted by Gasteiger charge is 2.21. The zero-order valence-corrected chi connectivity index (χ0v) is 10.6. The van der Waals surface area contributed by atoms with E-state index in [9.17, 15) is 9.59 Å². The van der Waals surface area contributed by atoms with Crippen LogP contribution in [0.2, 0.25) is 0 Å². The zero-order chi connectivity index (χ0) is 13.5. The van der Waals surface area contributed by atoms with E-state index in [1.165, 1.54) is 11.9 Å². The maximum Gasteiger partial charge on any atom is 0.316 e. The van der Waals surface area contributed by atoms with E-state index in [0.29, 0.717) is 12.1 Å². The number of para-hydroxylation sites is 1. The van der Waals surface area contributed by atoms with Gasteiger partial charge in [0.15, 0.2) is 0 Å². The second kappa shape index (κ2) is 6.76. The maximum absolute atomic E-state index is 11.8. The topological polar surface area (TPSA) is 69.6 Å². The summed E-state index contributed by atoms with van der Waals surface area (Å²) in [4.78, 5) is 24.8. The van der Waals surface area contributed by atoms with Gasteiger partial charge in [-0.2, -0.15) is 0 Å². The minimum absolute atomic E-state index is 0.176. The van der Waals surface area contributed by atoms with E-state index in [1.807, 2.05) is 13.0 Å². The van der Waals surface area contributed by atoms with Gasteiger partial charge in [0, 0.05) is 12.7 Å². The van der Waals surface area contributed by atoms with Gasteiger partial charge in [-0.05, 0) is 18.6 Å². The molecule has 5 heteroatoms. The average molecular weight is 250 g/mol. The first kappa shape index (κ1) is 14.2. The summed E-state index contributed by atoms with van der Waals surface area (Å²) in [6.45, 7) is 1.65. The minimum Gasteiger partial charge on any atom is -0.394 e. The summed E-state index contributed by atoms with van der Waals surface area (Å²) in [5, 5.41) is 11.5. The third kappa shape index (κ3) is 3.56. The lowest BCUT2D eigenvalue weighted by Gasteiger charge is -2.19. The van der Waals surface area contributed by atoms with Crippen molar-refractivity contribution in [1.82, 2.24) is 5.32 Å². The highest BCUT2D eigenvalue weighted by atomic mass is 16.3. The van der Waals surface area contributed by atoms with Crippen molar-refractivity contribution in [2.24, 2.45) is 0 Å². The number of anilines is 1. The monoisotopic (exact) mass is 250 g/mol. The Morgan fingerprint density at radius 2 is 1.94 bits per heavy atom. The van der Waals surface area contributed by atoms with Crippen LogP contribution in [-0.2, 0) is 9.59 Å². The van der Waals surface area contributed by atoms with Crippen molar-refractivity contribution in [2.75, 3.05) is 18.6 Å². The van der Waals surface area contributed by atoms with Gasteiger partial charge in [-0.25, -0.2) is 0 Å². The molecule has 2 amide bonds. The molecule has 0 heterocycles. The van der Waals surface area contributed by atoms with Crippen molar-refractivity contribution in [1.29, 1.82) is 0 Å². The summed E-state index contributed by atoms with van der Waals surface area (Å²) >= 11 is 0. The lowest BCUT2D eigenvalue weighted by atomic mass is 10.2. The molecular formula is C13H18N2O3. The van der Waals surface area contributed by atoms with Gasteiger partial charge in [-0.3, -0.25) is 9.59 Å². The van der Waals surface area contributed by atoms with Crippen LogP contribution in [-0.4, -0.2) is 36.6 Å². The fourth-order valence-corrected chi connectivity index (χ4v) is 1.45. The molecule has 1 rings (SSSR count). The zero-order valence-electron chi connectivity index (χ0n) is 10.6. The lowest BCUT2D eigenvalue weighted by Crippen LogP contribution is -2.46. The predicted molar refractivity (Wildman–Crippen MR) is 69.2 cm³/mol. The van der Waals surface area contributed by atoms with Crippen molar-refractivity contribution in [3.63, 3.8) is 0 Å². The molecule has 0 bridgehead atoms. The Labute approximate surface area is 106 Å². The number of aliphatic hydroxyl groups excluding tert-OH is 1. The Kier molecular flexibility index (Phi) is 5.32. The minimum atomic E-state index is -0.706. The normalized spacial score (nSPS) is 11.7. The van der Waals surface area contributed by atoms with Crippen LogP contribution in [0.25, 0.3) is 0 Å². The summed E-state index contributed by atoms with van der Waals surface area (Å²) in [5.41, 5.74) is 0.648. The smallest absolute Gasteiger partial charge is 0.316 e. The van der Waals surface area contributed by atoms with E-state index in [1.54, 1.807) is 24.3 Å². The third-order valence-corrected chi connectivity index (χ3v) is 2.69. The van der Waals surface area contributed by atoms with Crippen LogP contribution in [0.4, 0.5) is 5.69 Å². The summed E-state index contributed by atoms with van der Waals surface area (Å²) in [6.07, 6.45) is 0.574. The van der Waals surface area contributed by atoms with Gasteiger partial charge in [0.1, 0.15) is 0 Å². The summed E-state index contributed by atoms with van der Waals surface area (Å²) in [7, 11) is 1.54. The number of carbonyl (C=O) groups is 2. The molecule has 18 heavy (non-hydrogen) atoms. The first-order valence-corrected chi connectivity index (χ1v) is 5.84. The highest BCUT2D eigenvalue weighted by molar-refractivity contribution is 6.40. The van der Waals surface area contributed by atoms with E-state index in [-0.39, 0.29) is 12.6 Å². The lowest BCUT2D eigenvalue weighted by molar-refractivity contribution is -0.138. The van der Waals surface area contributed by atoms with Crippen LogP contribution in [0.3, 0.4) is 0 Å². The van der Waals surface area contributed by atoms with Gasteiger partial charge in [0.05, 0.1) is 12.6 Å². The molecule has 0 saturated heterocycles. The number of hydrogen-bond donors (Lipinski definition) is 2. The number of hydrogen-bond acceptors (Lipinski definition) is 3. The number of amides is 2. The van der Waals surface area contributed by atoms with Crippen LogP contribution < -0.4 is 10.2 Å². The number of nitrogens with one attached hydrogen (secondary N) is 1. The Morgan fingerprint density at radius 3 is 2.44 bits per heavy atom. The summed E-state index contributed by atoms with van der Waals surface area (Å²) in [6, 6.07) is 8.52. The van der Waals surface area contributed by atoms with E-state index >= 15 is 0 Å². The second-order valence-electron chi connectivity index (χ2n) is 3.96. The van der Waals surface area contributed by atoms with Gasteiger partial charge in [-0.15, -0.1) is 0 Å². The van der Waals surface area contributed by atoms with E-state index in [4.69, 9.17) is 5.11 Å². The first-order valence-electron chi connectivity index (χ1n) is 5.84. The number of rotatable bonds is 4. The van der Waals surface area contributed by atoms with Gasteiger partial charge >= 0.3 is 11.8 Å². The molecular weight excluding hydrogens is 232 g/mol. The van der Waals surface area contributed by atoms with E-state index in [2.05, 4.69) is 5.32 Å². The molecule has 0 saturated carbocycles. The SMILES string of the molecule is CCC(CO)NC(=O)C(=O)N(C)c1ccccc1. The molecule has 0 aromatic heterocycles. The number of nitrogens with zero attached hydrogens (tertiary/aromatic N) is 1. The first-order chi connectivity index (χ1) is 8.60. The molecule has 98 valence electrons. The van der Waals surface area contributed by atoms with Gasteiger partial charge in [0.2, 0.25) is 0 Å². The Bertz CT molecular complexity index is 402. The molecule has 5 nitrogen and oxygen atoms in total.